The van der Waals surface area contributed by atoms with Gasteiger partial charge in [0.05, 0.1) is 5.75 Å². The van der Waals surface area contributed by atoms with Gasteiger partial charge in [0.15, 0.2) is 0 Å². The summed E-state index contributed by atoms with van der Waals surface area (Å²) in [7, 11) is 0. The van der Waals surface area contributed by atoms with Crippen LogP contribution in [-0.2, 0) is 39.1 Å². The molecule has 2 nitrogen and oxygen atoms in total. The molecule has 1 radical (unpaired) electrons. The van der Waals surface area contributed by atoms with Gasteiger partial charge in [0.2, 0.25) is 0 Å². The van der Waals surface area contributed by atoms with Gasteiger partial charge in [-0.15, -0.1) is 17.3 Å². The van der Waals surface area contributed by atoms with Crippen molar-refractivity contribution in [2.75, 3.05) is 0 Å². The molecule has 0 aliphatic carbocycles. The summed E-state index contributed by atoms with van der Waals surface area (Å²) in [5.41, 5.74) is 4.11. The third-order valence-electron chi connectivity index (χ3n) is 4.09. The summed E-state index contributed by atoms with van der Waals surface area (Å²) in [6.07, 6.45) is 5.07. The van der Waals surface area contributed by atoms with Crippen LogP contribution in [-0.4, -0.2) is 11.8 Å². The predicted molar refractivity (Wildman–Crippen MR) is 97.0 cm³/mol. The fourth-order valence-electron chi connectivity index (χ4n) is 2.59. The van der Waals surface area contributed by atoms with Gasteiger partial charge in [0, 0.05) is 32.7 Å². The third-order valence-corrected chi connectivity index (χ3v) is 4.09. The Hall–Kier alpha value is -0.986. The van der Waals surface area contributed by atoms with Crippen LogP contribution in [0.3, 0.4) is 0 Å². The van der Waals surface area contributed by atoms with Crippen molar-refractivity contribution in [3.8, 4) is 5.75 Å². The number of benzene rings is 2. The number of aryl methyl sites for hydroxylation is 1. The van der Waals surface area contributed by atoms with E-state index in [0.29, 0.717) is 0 Å². The maximum atomic E-state index is 6.18. The Morgan fingerprint density at radius 3 is 2.62 bits per heavy atom. The first-order valence-electron chi connectivity index (χ1n) is 8.36. The van der Waals surface area contributed by atoms with Gasteiger partial charge in [-0.1, -0.05) is 32.4 Å². The summed E-state index contributed by atoms with van der Waals surface area (Å²) >= 11 is 0. The van der Waals surface area contributed by atoms with Crippen LogP contribution in [0.5, 0.6) is 5.75 Å². The van der Waals surface area contributed by atoms with Crippen molar-refractivity contribution in [3.05, 3.63) is 59.2 Å². The number of fused-ring (bicyclic) bond motifs is 1. The molecule has 1 heterocycles. The average molecular weight is 396 g/mol. The maximum absolute atomic E-state index is 6.18. The number of hydrogen-bond acceptors (Lipinski definition) is 2. The zero-order chi connectivity index (χ0) is 16.9. The molecule has 24 heavy (non-hydrogen) atoms. The second-order valence-electron chi connectivity index (χ2n) is 5.79. The SMILES string of the molecule is CC.CCC1(C)Cc2c([C-]=Nc3[c-]cccc3)ccc(C)c2O1.[Y]. The van der Waals surface area contributed by atoms with Gasteiger partial charge in [0.25, 0.3) is 0 Å². The van der Waals surface area contributed by atoms with Gasteiger partial charge in [0.1, 0.15) is 5.60 Å². The van der Waals surface area contributed by atoms with E-state index in [9.17, 15) is 0 Å². The first kappa shape index (κ1) is 21.1. The maximum Gasteiger partial charge on any atom is 0.101 e. The Balaban J connectivity index is 0.000000925. The summed E-state index contributed by atoms with van der Waals surface area (Å²) in [6, 6.07) is 14.9. The van der Waals surface area contributed by atoms with Crippen molar-refractivity contribution in [2.24, 2.45) is 4.99 Å². The number of hydrogen-bond donors (Lipinski definition) is 0. The Kier molecular flexibility index (Phi) is 8.32. The van der Waals surface area contributed by atoms with Gasteiger partial charge >= 0.3 is 0 Å². The number of rotatable bonds is 3. The van der Waals surface area contributed by atoms with Gasteiger partial charge in [-0.3, -0.25) is 0 Å². The minimum absolute atomic E-state index is 0. The summed E-state index contributed by atoms with van der Waals surface area (Å²) in [4.78, 5) is 4.40. The van der Waals surface area contributed by atoms with Crippen molar-refractivity contribution in [3.63, 3.8) is 0 Å². The van der Waals surface area contributed by atoms with E-state index < -0.39 is 0 Å². The molecule has 2 aromatic carbocycles. The van der Waals surface area contributed by atoms with Crippen molar-refractivity contribution < 1.29 is 37.4 Å². The zero-order valence-electron chi connectivity index (χ0n) is 15.3. The Morgan fingerprint density at radius 2 is 2.00 bits per heavy atom. The second kappa shape index (κ2) is 9.48. The fourth-order valence-corrected chi connectivity index (χ4v) is 2.59. The first-order valence-corrected chi connectivity index (χ1v) is 8.36. The standard InChI is InChI=1S/C19H19NO.C2H6.Y/c1-4-19(3)12-17-15(11-10-14(2)18(17)21-19)13-20-16-8-6-5-7-9-16;1-2;/h5-8,10-11H,4,12H2,1-3H3;1-2H3;/q-2;;. The predicted octanol–water partition coefficient (Wildman–Crippen LogP) is 5.55. The Labute approximate surface area is 171 Å². The molecule has 0 saturated carbocycles. The quantitative estimate of drug-likeness (QED) is 0.492. The van der Waals surface area contributed by atoms with E-state index in [4.69, 9.17) is 4.74 Å². The van der Waals surface area contributed by atoms with Crippen LogP contribution in [0.1, 0.15) is 50.8 Å². The van der Waals surface area contributed by atoms with Crippen LogP contribution in [0.2, 0.25) is 0 Å². The topological polar surface area (TPSA) is 21.6 Å². The molecule has 0 N–H and O–H groups in total. The van der Waals surface area contributed by atoms with Crippen LogP contribution in [0.4, 0.5) is 5.69 Å². The molecule has 0 aromatic heterocycles. The second-order valence-corrected chi connectivity index (χ2v) is 5.79. The molecule has 2 aromatic rings. The fraction of sp³-hybridized carbons (Fsp3) is 0.381. The number of nitrogens with zero attached hydrogens (tertiary/aromatic N) is 1. The van der Waals surface area contributed by atoms with E-state index in [2.05, 4.69) is 50.2 Å². The smallest absolute Gasteiger partial charge is 0.101 e. The molecule has 0 fully saturated rings. The minimum atomic E-state index is -0.107. The van der Waals surface area contributed by atoms with Crippen LogP contribution in [0, 0.1) is 13.0 Å². The summed E-state index contributed by atoms with van der Waals surface area (Å²) in [5.74, 6) is 1.01. The number of ether oxygens (including phenoxy) is 1. The third kappa shape index (κ3) is 4.77. The van der Waals surface area contributed by atoms with E-state index in [0.717, 1.165) is 29.8 Å². The average Bonchev–Trinajstić information content (AvgIpc) is 2.96. The molecule has 0 saturated heterocycles. The van der Waals surface area contributed by atoms with Crippen LogP contribution < -0.4 is 4.74 Å². The normalized spacial score (nSPS) is 18.2. The van der Waals surface area contributed by atoms with E-state index in [1.165, 1.54) is 11.1 Å². The zero-order valence-corrected chi connectivity index (χ0v) is 18.1. The van der Waals surface area contributed by atoms with Gasteiger partial charge < -0.3 is 9.73 Å². The van der Waals surface area contributed by atoms with Crippen molar-refractivity contribution >= 4 is 11.9 Å². The van der Waals surface area contributed by atoms with Gasteiger partial charge in [-0.2, -0.15) is 24.3 Å². The number of para-hydroxylation sites is 1. The largest absolute Gasteiger partial charge is 0.497 e. The molecule has 3 rings (SSSR count). The molecule has 1 aliphatic heterocycles. The Bertz CT molecular complexity index is 682. The van der Waals surface area contributed by atoms with Gasteiger partial charge in [-0.05, 0) is 38.5 Å². The monoisotopic (exact) mass is 396 g/mol. The van der Waals surface area contributed by atoms with Crippen molar-refractivity contribution in [2.45, 2.75) is 53.1 Å². The van der Waals surface area contributed by atoms with Crippen LogP contribution in [0.15, 0.2) is 41.4 Å². The molecule has 0 spiro atoms. The molecule has 1 aliphatic rings. The van der Waals surface area contributed by atoms with Crippen molar-refractivity contribution in [1.29, 1.82) is 0 Å². The molecule has 1 unspecified atom stereocenters. The molecular weight excluding hydrogens is 371 g/mol. The molecule has 0 amide bonds. The number of aliphatic imine (C=N–C) groups is 1. The first-order chi connectivity index (χ1) is 11.1. The van der Waals surface area contributed by atoms with Crippen molar-refractivity contribution in [1.82, 2.24) is 0 Å². The summed E-state index contributed by atoms with van der Waals surface area (Å²) in [5, 5.41) is 0. The molecular formula is C21H25NOY-2. The molecule has 0 bridgehead atoms. The minimum Gasteiger partial charge on any atom is -0.497 e. The van der Waals surface area contributed by atoms with Crippen LogP contribution in [0.25, 0.3) is 0 Å². The van der Waals surface area contributed by atoms with E-state index in [1.807, 2.05) is 38.1 Å². The van der Waals surface area contributed by atoms with Gasteiger partial charge in [-0.25, -0.2) is 6.07 Å². The summed E-state index contributed by atoms with van der Waals surface area (Å²) < 4.78 is 6.18. The van der Waals surface area contributed by atoms with E-state index in [-0.39, 0.29) is 38.3 Å². The van der Waals surface area contributed by atoms with E-state index in [1.54, 1.807) is 0 Å². The molecule has 3 heteroatoms. The Morgan fingerprint density at radius 1 is 1.25 bits per heavy atom. The molecule has 125 valence electrons. The van der Waals surface area contributed by atoms with E-state index >= 15 is 0 Å². The molecule has 1 atom stereocenters. The van der Waals surface area contributed by atoms with Crippen LogP contribution >= 0.6 is 0 Å². The summed E-state index contributed by atoms with van der Waals surface area (Å²) in [6.45, 7) is 10.4.